The first-order valence-corrected chi connectivity index (χ1v) is 6.74. The van der Waals surface area contributed by atoms with Gasteiger partial charge in [-0.15, -0.1) is 0 Å². The molecule has 0 saturated carbocycles. The van der Waals surface area contributed by atoms with Crippen molar-refractivity contribution in [3.05, 3.63) is 24.3 Å². The highest BCUT2D eigenvalue weighted by atomic mass is 16.5. The Kier molecular flexibility index (Phi) is 6.79. The van der Waals surface area contributed by atoms with Gasteiger partial charge in [-0.1, -0.05) is 13.8 Å². The standard InChI is InChI=1S/C15H23NO3/c1-4-16-15(17)11-19-14-7-5-13(6-8-14)18-10-9-12(2)3/h5-8,12H,4,9-11H2,1-3H3,(H,16,17). The lowest BCUT2D eigenvalue weighted by atomic mass is 10.1. The largest absolute Gasteiger partial charge is 0.494 e. The predicted octanol–water partition coefficient (Wildman–Crippen LogP) is 2.63. The fraction of sp³-hybridized carbons (Fsp3) is 0.533. The summed E-state index contributed by atoms with van der Waals surface area (Å²) in [6, 6.07) is 7.33. The maximum Gasteiger partial charge on any atom is 0.257 e. The molecular weight excluding hydrogens is 242 g/mol. The first-order chi connectivity index (χ1) is 9.11. The van der Waals surface area contributed by atoms with Gasteiger partial charge in [-0.2, -0.15) is 0 Å². The van der Waals surface area contributed by atoms with Gasteiger partial charge < -0.3 is 14.8 Å². The molecule has 0 aromatic heterocycles. The van der Waals surface area contributed by atoms with E-state index in [1.807, 2.05) is 31.2 Å². The molecule has 0 aliphatic rings. The van der Waals surface area contributed by atoms with E-state index in [-0.39, 0.29) is 12.5 Å². The van der Waals surface area contributed by atoms with E-state index in [0.717, 1.165) is 18.8 Å². The van der Waals surface area contributed by atoms with Crippen LogP contribution in [0.1, 0.15) is 27.2 Å². The summed E-state index contributed by atoms with van der Waals surface area (Å²) < 4.78 is 11.0. The van der Waals surface area contributed by atoms with Crippen LogP contribution in [0.25, 0.3) is 0 Å². The van der Waals surface area contributed by atoms with Crippen LogP contribution in [-0.4, -0.2) is 25.7 Å². The maximum atomic E-state index is 11.2. The van der Waals surface area contributed by atoms with E-state index in [9.17, 15) is 4.79 Å². The van der Waals surface area contributed by atoms with Crippen molar-refractivity contribution < 1.29 is 14.3 Å². The minimum atomic E-state index is -0.111. The van der Waals surface area contributed by atoms with Gasteiger partial charge in [0.05, 0.1) is 6.61 Å². The number of nitrogens with one attached hydrogen (secondary N) is 1. The third kappa shape index (κ3) is 6.70. The van der Waals surface area contributed by atoms with Gasteiger partial charge in [0.15, 0.2) is 6.61 Å². The summed E-state index contributed by atoms with van der Waals surface area (Å²) in [6.07, 6.45) is 1.04. The van der Waals surface area contributed by atoms with Gasteiger partial charge in [0.1, 0.15) is 11.5 Å². The Morgan fingerprint density at radius 2 is 1.74 bits per heavy atom. The first-order valence-electron chi connectivity index (χ1n) is 6.74. The molecule has 0 radical (unpaired) electrons. The molecule has 106 valence electrons. The highest BCUT2D eigenvalue weighted by Crippen LogP contribution is 2.18. The Morgan fingerprint density at radius 3 is 2.26 bits per heavy atom. The van der Waals surface area contributed by atoms with Gasteiger partial charge >= 0.3 is 0 Å². The number of carbonyl (C=O) groups is 1. The number of benzene rings is 1. The van der Waals surface area contributed by atoms with E-state index >= 15 is 0 Å². The molecule has 0 heterocycles. The lowest BCUT2D eigenvalue weighted by Crippen LogP contribution is -2.28. The monoisotopic (exact) mass is 265 g/mol. The Hall–Kier alpha value is -1.71. The number of likely N-dealkylation sites (N-methyl/N-ethyl adjacent to an activating group) is 1. The van der Waals surface area contributed by atoms with Crippen molar-refractivity contribution in [3.8, 4) is 11.5 Å². The van der Waals surface area contributed by atoms with Crippen LogP contribution in [0.2, 0.25) is 0 Å². The lowest BCUT2D eigenvalue weighted by Gasteiger charge is -2.09. The molecule has 0 aliphatic heterocycles. The van der Waals surface area contributed by atoms with E-state index in [1.54, 1.807) is 0 Å². The van der Waals surface area contributed by atoms with Gasteiger partial charge in [0.25, 0.3) is 5.91 Å². The van der Waals surface area contributed by atoms with Crippen LogP contribution < -0.4 is 14.8 Å². The van der Waals surface area contributed by atoms with E-state index in [1.165, 1.54) is 0 Å². The second-order valence-corrected chi connectivity index (χ2v) is 4.74. The fourth-order valence-corrected chi connectivity index (χ4v) is 1.44. The second kappa shape index (κ2) is 8.40. The van der Waals surface area contributed by atoms with Crippen molar-refractivity contribution in [2.45, 2.75) is 27.2 Å². The summed E-state index contributed by atoms with van der Waals surface area (Å²) in [5.41, 5.74) is 0. The molecule has 19 heavy (non-hydrogen) atoms. The summed E-state index contributed by atoms with van der Waals surface area (Å²) in [6.45, 7) is 7.59. The Balaban J connectivity index is 2.33. The van der Waals surface area contributed by atoms with Crippen molar-refractivity contribution >= 4 is 5.91 Å². The van der Waals surface area contributed by atoms with Crippen molar-refractivity contribution in [2.24, 2.45) is 5.92 Å². The van der Waals surface area contributed by atoms with Gasteiger partial charge in [-0.05, 0) is 43.5 Å². The summed E-state index contributed by atoms with van der Waals surface area (Å²) in [5, 5.41) is 2.68. The van der Waals surface area contributed by atoms with E-state index in [2.05, 4.69) is 19.2 Å². The lowest BCUT2D eigenvalue weighted by molar-refractivity contribution is -0.122. The Bertz CT molecular complexity index is 373. The first kappa shape index (κ1) is 15.3. The molecule has 1 amide bonds. The highest BCUT2D eigenvalue weighted by molar-refractivity contribution is 5.77. The molecule has 4 heteroatoms. The van der Waals surface area contributed by atoms with Crippen LogP contribution in [0, 0.1) is 5.92 Å². The topological polar surface area (TPSA) is 47.6 Å². The van der Waals surface area contributed by atoms with Crippen LogP contribution in [0.5, 0.6) is 11.5 Å². The van der Waals surface area contributed by atoms with Crippen LogP contribution in [0.15, 0.2) is 24.3 Å². The summed E-state index contributed by atoms with van der Waals surface area (Å²) in [7, 11) is 0. The van der Waals surface area contributed by atoms with E-state index < -0.39 is 0 Å². The van der Waals surface area contributed by atoms with Crippen molar-refractivity contribution in [2.75, 3.05) is 19.8 Å². The van der Waals surface area contributed by atoms with Gasteiger partial charge in [0.2, 0.25) is 0 Å². The molecule has 0 bridgehead atoms. The van der Waals surface area contributed by atoms with E-state index in [4.69, 9.17) is 9.47 Å². The smallest absolute Gasteiger partial charge is 0.257 e. The molecule has 1 rings (SSSR count). The molecule has 4 nitrogen and oxygen atoms in total. The summed E-state index contributed by atoms with van der Waals surface area (Å²) >= 11 is 0. The Labute approximate surface area is 115 Å². The number of ether oxygens (including phenoxy) is 2. The van der Waals surface area contributed by atoms with Crippen molar-refractivity contribution in [1.82, 2.24) is 5.32 Å². The molecular formula is C15H23NO3. The number of amides is 1. The maximum absolute atomic E-state index is 11.2. The number of carbonyl (C=O) groups excluding carboxylic acids is 1. The third-order valence-corrected chi connectivity index (χ3v) is 2.53. The normalized spacial score (nSPS) is 10.3. The highest BCUT2D eigenvalue weighted by Gasteiger charge is 2.01. The quantitative estimate of drug-likeness (QED) is 0.786. The third-order valence-electron chi connectivity index (χ3n) is 2.53. The molecule has 1 aromatic carbocycles. The predicted molar refractivity (Wildman–Crippen MR) is 75.6 cm³/mol. The molecule has 0 atom stereocenters. The van der Waals surface area contributed by atoms with Crippen LogP contribution >= 0.6 is 0 Å². The number of hydrogen-bond donors (Lipinski definition) is 1. The van der Waals surface area contributed by atoms with E-state index in [0.29, 0.717) is 18.2 Å². The van der Waals surface area contributed by atoms with Crippen LogP contribution in [-0.2, 0) is 4.79 Å². The minimum Gasteiger partial charge on any atom is -0.494 e. The molecule has 0 fully saturated rings. The summed E-state index contributed by atoms with van der Waals surface area (Å²) in [5.74, 6) is 2.02. The Morgan fingerprint density at radius 1 is 1.16 bits per heavy atom. The minimum absolute atomic E-state index is 0.0430. The summed E-state index contributed by atoms with van der Waals surface area (Å²) in [4.78, 5) is 11.2. The SMILES string of the molecule is CCNC(=O)COc1ccc(OCCC(C)C)cc1. The van der Waals surface area contributed by atoms with Gasteiger partial charge in [-0.3, -0.25) is 4.79 Å². The average Bonchev–Trinajstić information content (AvgIpc) is 2.38. The fourth-order valence-electron chi connectivity index (χ4n) is 1.44. The van der Waals surface area contributed by atoms with Gasteiger partial charge in [-0.25, -0.2) is 0 Å². The zero-order valence-electron chi connectivity index (χ0n) is 11.9. The molecule has 0 aliphatic carbocycles. The molecule has 1 N–H and O–H groups in total. The zero-order valence-corrected chi connectivity index (χ0v) is 11.9. The average molecular weight is 265 g/mol. The molecule has 0 unspecified atom stereocenters. The van der Waals surface area contributed by atoms with Crippen LogP contribution in [0.3, 0.4) is 0 Å². The second-order valence-electron chi connectivity index (χ2n) is 4.74. The number of hydrogen-bond acceptors (Lipinski definition) is 3. The van der Waals surface area contributed by atoms with Gasteiger partial charge in [0, 0.05) is 6.54 Å². The molecule has 0 spiro atoms. The van der Waals surface area contributed by atoms with Crippen molar-refractivity contribution in [3.63, 3.8) is 0 Å². The number of rotatable bonds is 8. The van der Waals surface area contributed by atoms with Crippen LogP contribution in [0.4, 0.5) is 0 Å². The zero-order chi connectivity index (χ0) is 14.1. The van der Waals surface area contributed by atoms with Crippen molar-refractivity contribution in [1.29, 1.82) is 0 Å². The molecule has 1 aromatic rings. The molecule has 0 saturated heterocycles.